The molecule has 1 aromatic rings. The molecule has 3 aliphatic rings. The van der Waals surface area contributed by atoms with Crippen LogP contribution in [-0.2, 0) is 11.2 Å². The van der Waals surface area contributed by atoms with Crippen LogP contribution in [0, 0.1) is 23.2 Å². The van der Waals surface area contributed by atoms with Crippen molar-refractivity contribution in [2.45, 2.75) is 46.1 Å². The van der Waals surface area contributed by atoms with Gasteiger partial charge in [-0.25, -0.2) is 4.79 Å². The van der Waals surface area contributed by atoms with Gasteiger partial charge in [0.1, 0.15) is 6.10 Å². The fourth-order valence-electron chi connectivity index (χ4n) is 4.39. The normalized spacial score (nSPS) is 32.0. The molecule has 4 rings (SSSR count). The van der Waals surface area contributed by atoms with E-state index < -0.39 is 0 Å². The zero-order valence-corrected chi connectivity index (χ0v) is 13.8. The minimum absolute atomic E-state index is 0.0912. The maximum Gasteiger partial charge on any atom is 0.407 e. The third-order valence-corrected chi connectivity index (χ3v) is 6.07. The predicted molar refractivity (Wildman–Crippen MR) is 87.6 cm³/mol. The third-order valence-electron chi connectivity index (χ3n) is 6.07. The number of ether oxygens (including phenoxy) is 1. The second-order valence-corrected chi connectivity index (χ2v) is 7.56. The molecule has 3 aliphatic carbocycles. The summed E-state index contributed by atoms with van der Waals surface area (Å²) in [5.41, 5.74) is 1.67. The van der Waals surface area contributed by atoms with Gasteiger partial charge in [-0.15, -0.1) is 0 Å². The Morgan fingerprint density at radius 1 is 1.27 bits per heavy atom. The van der Waals surface area contributed by atoms with E-state index in [1.54, 1.807) is 0 Å². The van der Waals surface area contributed by atoms with Crippen LogP contribution < -0.4 is 5.32 Å². The topological polar surface area (TPSA) is 38.3 Å². The second-order valence-electron chi connectivity index (χ2n) is 7.56. The Kier molecular flexibility index (Phi) is 4.16. The van der Waals surface area contributed by atoms with E-state index in [4.69, 9.17) is 4.74 Å². The van der Waals surface area contributed by atoms with Gasteiger partial charge in [0.25, 0.3) is 0 Å². The molecule has 120 valence electrons. The van der Waals surface area contributed by atoms with E-state index in [0.29, 0.717) is 23.8 Å². The van der Waals surface area contributed by atoms with Gasteiger partial charge in [0.05, 0.1) is 0 Å². The first-order valence-electron chi connectivity index (χ1n) is 8.47. The van der Waals surface area contributed by atoms with Gasteiger partial charge in [-0.2, -0.15) is 0 Å². The molecular weight excluding hydrogens is 274 g/mol. The van der Waals surface area contributed by atoms with Gasteiger partial charge >= 0.3 is 6.09 Å². The van der Waals surface area contributed by atoms with E-state index in [2.05, 4.69) is 38.2 Å². The monoisotopic (exact) mass is 301 g/mol. The van der Waals surface area contributed by atoms with Crippen LogP contribution in [0.25, 0.3) is 0 Å². The maximum absolute atomic E-state index is 12.0. The Morgan fingerprint density at radius 3 is 2.64 bits per heavy atom. The number of benzene rings is 1. The largest absolute Gasteiger partial charge is 0.446 e. The summed E-state index contributed by atoms with van der Waals surface area (Å²) in [4.78, 5) is 12.0. The van der Waals surface area contributed by atoms with Crippen LogP contribution in [-0.4, -0.2) is 18.7 Å². The Balaban J connectivity index is 1.43. The van der Waals surface area contributed by atoms with Crippen molar-refractivity contribution in [1.29, 1.82) is 0 Å². The van der Waals surface area contributed by atoms with Crippen LogP contribution in [0.3, 0.4) is 0 Å². The van der Waals surface area contributed by atoms with Gasteiger partial charge < -0.3 is 10.1 Å². The molecule has 3 nitrogen and oxygen atoms in total. The molecule has 3 fully saturated rings. The number of hydrogen-bond acceptors (Lipinski definition) is 2. The summed E-state index contributed by atoms with van der Waals surface area (Å²) in [5.74, 6) is 1.89. The van der Waals surface area contributed by atoms with Crippen molar-refractivity contribution >= 4 is 6.09 Å². The van der Waals surface area contributed by atoms with Crippen molar-refractivity contribution in [3.63, 3.8) is 0 Å². The molecule has 1 N–H and O–H groups in total. The molecule has 0 saturated heterocycles. The van der Waals surface area contributed by atoms with Gasteiger partial charge in [0.15, 0.2) is 0 Å². The van der Waals surface area contributed by atoms with Gasteiger partial charge in [-0.1, -0.05) is 51.1 Å². The molecule has 0 aliphatic heterocycles. The number of fused-ring (bicyclic) bond motifs is 2. The van der Waals surface area contributed by atoms with E-state index in [1.165, 1.54) is 12.0 Å². The molecule has 3 saturated carbocycles. The molecule has 3 heteroatoms. The van der Waals surface area contributed by atoms with Gasteiger partial charge in [-0.3, -0.25) is 0 Å². The van der Waals surface area contributed by atoms with Crippen molar-refractivity contribution in [1.82, 2.24) is 5.32 Å². The number of carbonyl (C=O) groups excluding carboxylic acids is 1. The highest BCUT2D eigenvalue weighted by atomic mass is 16.6. The highest BCUT2D eigenvalue weighted by molar-refractivity contribution is 5.67. The lowest BCUT2D eigenvalue weighted by atomic mass is 9.45. The Hall–Kier alpha value is -1.51. The molecule has 22 heavy (non-hydrogen) atoms. The van der Waals surface area contributed by atoms with Crippen molar-refractivity contribution in [3.05, 3.63) is 35.9 Å². The van der Waals surface area contributed by atoms with Crippen LogP contribution in [0.15, 0.2) is 30.3 Å². The number of amides is 1. The van der Waals surface area contributed by atoms with Crippen molar-refractivity contribution in [2.75, 3.05) is 6.54 Å². The number of hydrogen-bond donors (Lipinski definition) is 1. The molecule has 1 aromatic carbocycles. The summed E-state index contributed by atoms with van der Waals surface area (Å²) in [6.07, 6.45) is 3.01. The average molecular weight is 301 g/mol. The van der Waals surface area contributed by atoms with E-state index in [-0.39, 0.29) is 12.2 Å². The zero-order chi connectivity index (χ0) is 15.7. The highest BCUT2D eigenvalue weighted by Crippen LogP contribution is 2.61. The SMILES string of the molecule is C[C@@H]1[C@H]2C[C@H](C[C@H]1OC(=O)NCCc1ccccc1)C2(C)C. The fraction of sp³-hybridized carbons (Fsp3) is 0.632. The number of nitrogens with one attached hydrogen (secondary N) is 1. The molecule has 4 atom stereocenters. The van der Waals surface area contributed by atoms with Crippen LogP contribution in [0.1, 0.15) is 39.2 Å². The van der Waals surface area contributed by atoms with Crippen LogP contribution in [0.5, 0.6) is 0 Å². The van der Waals surface area contributed by atoms with Gasteiger partial charge in [-0.05, 0) is 48.0 Å². The summed E-state index contributed by atoms with van der Waals surface area (Å²) >= 11 is 0. The van der Waals surface area contributed by atoms with E-state index >= 15 is 0 Å². The van der Waals surface area contributed by atoms with Crippen LogP contribution in [0.4, 0.5) is 4.79 Å². The first-order chi connectivity index (χ1) is 10.5. The Labute approximate surface area is 133 Å². The number of rotatable bonds is 4. The summed E-state index contributed by atoms with van der Waals surface area (Å²) in [6.45, 7) is 7.59. The first kappa shape index (κ1) is 15.4. The maximum atomic E-state index is 12.0. The fourth-order valence-corrected chi connectivity index (χ4v) is 4.39. The lowest BCUT2D eigenvalue weighted by Gasteiger charge is -2.61. The summed E-state index contributed by atoms with van der Waals surface area (Å²) < 4.78 is 5.69. The van der Waals surface area contributed by atoms with Crippen molar-refractivity contribution in [2.24, 2.45) is 23.2 Å². The van der Waals surface area contributed by atoms with Gasteiger partial charge in [0.2, 0.25) is 0 Å². The highest BCUT2D eigenvalue weighted by Gasteiger charge is 2.57. The second kappa shape index (κ2) is 5.94. The predicted octanol–water partition coefficient (Wildman–Crippen LogP) is 4.03. The zero-order valence-electron chi connectivity index (χ0n) is 13.8. The average Bonchev–Trinajstić information content (AvgIpc) is 2.49. The molecule has 0 radical (unpaired) electrons. The Bertz CT molecular complexity index is 525. The molecule has 0 spiro atoms. The molecule has 0 aromatic heterocycles. The summed E-state index contributed by atoms with van der Waals surface area (Å²) in [7, 11) is 0. The number of alkyl carbamates (subject to hydrolysis) is 1. The lowest BCUT2D eigenvalue weighted by Crippen LogP contribution is -2.57. The van der Waals surface area contributed by atoms with Crippen molar-refractivity contribution in [3.8, 4) is 0 Å². The number of carbonyl (C=O) groups is 1. The van der Waals surface area contributed by atoms with Crippen LogP contribution >= 0.6 is 0 Å². The smallest absolute Gasteiger partial charge is 0.407 e. The summed E-state index contributed by atoms with van der Waals surface area (Å²) in [5, 5.41) is 2.89. The first-order valence-corrected chi connectivity index (χ1v) is 8.47. The molecule has 2 bridgehead atoms. The standard InChI is InChI=1S/C19H27NO2/c1-13-16-11-15(19(16,2)3)12-17(13)22-18(21)20-10-9-14-7-5-4-6-8-14/h4-8,13,15-17H,9-12H2,1-3H3,(H,20,21)/t13-,15-,16-,17-/m1/s1. The quantitative estimate of drug-likeness (QED) is 0.912. The molecule has 0 heterocycles. The van der Waals surface area contributed by atoms with E-state index in [0.717, 1.165) is 18.8 Å². The Morgan fingerprint density at radius 2 is 2.00 bits per heavy atom. The van der Waals surface area contributed by atoms with Gasteiger partial charge in [0, 0.05) is 6.54 Å². The molecule has 0 unspecified atom stereocenters. The van der Waals surface area contributed by atoms with E-state index in [1.807, 2.05) is 18.2 Å². The summed E-state index contributed by atoms with van der Waals surface area (Å²) in [6, 6.07) is 10.2. The molecule has 1 amide bonds. The lowest BCUT2D eigenvalue weighted by molar-refractivity contribution is -0.155. The third kappa shape index (κ3) is 2.86. The minimum Gasteiger partial charge on any atom is -0.446 e. The van der Waals surface area contributed by atoms with Crippen molar-refractivity contribution < 1.29 is 9.53 Å². The van der Waals surface area contributed by atoms with E-state index in [9.17, 15) is 4.79 Å². The van der Waals surface area contributed by atoms with Crippen LogP contribution in [0.2, 0.25) is 0 Å². The minimum atomic E-state index is -0.258. The molecular formula is C19H27NO2.